The van der Waals surface area contributed by atoms with E-state index in [0.717, 1.165) is 11.8 Å². The van der Waals surface area contributed by atoms with Gasteiger partial charge < -0.3 is 0 Å². The van der Waals surface area contributed by atoms with Gasteiger partial charge in [-0.2, -0.15) is 5.26 Å². The van der Waals surface area contributed by atoms with E-state index in [0.29, 0.717) is 9.37 Å². The van der Waals surface area contributed by atoms with Crippen LogP contribution in [0.1, 0.15) is 0 Å². The Hall–Kier alpha value is -0.530. The van der Waals surface area contributed by atoms with Crippen LogP contribution in [0.5, 0.6) is 0 Å². The van der Waals surface area contributed by atoms with Gasteiger partial charge in [0.1, 0.15) is 11.2 Å². The maximum atomic E-state index is 12.7. The molecule has 0 aromatic heterocycles. The summed E-state index contributed by atoms with van der Waals surface area (Å²) < 4.78 is 13.1. The van der Waals surface area contributed by atoms with Gasteiger partial charge >= 0.3 is 0 Å². The van der Waals surface area contributed by atoms with Crippen LogP contribution in [0.3, 0.4) is 0 Å². The van der Waals surface area contributed by atoms with Crippen molar-refractivity contribution >= 4 is 27.7 Å². The van der Waals surface area contributed by atoms with Crippen molar-refractivity contribution in [2.75, 3.05) is 0 Å². The van der Waals surface area contributed by atoms with Gasteiger partial charge in [-0.3, -0.25) is 0 Å². The van der Waals surface area contributed by atoms with Gasteiger partial charge in [0.2, 0.25) is 0 Å². The van der Waals surface area contributed by atoms with Gasteiger partial charge in [0.15, 0.2) is 0 Å². The van der Waals surface area contributed by atoms with Crippen LogP contribution in [0.4, 0.5) is 4.39 Å². The topological polar surface area (TPSA) is 23.8 Å². The highest BCUT2D eigenvalue weighted by Gasteiger charge is 2.03. The van der Waals surface area contributed by atoms with Crippen LogP contribution in [0, 0.1) is 16.5 Å². The normalized spacial score (nSPS) is 9.18. The third-order valence-electron chi connectivity index (χ3n) is 1.07. The Morgan fingerprint density at radius 1 is 1.55 bits per heavy atom. The highest BCUT2D eigenvalue weighted by Crippen LogP contribution is 2.28. The number of thiocyanates is 1. The zero-order valence-corrected chi connectivity index (χ0v) is 7.75. The second-order valence-electron chi connectivity index (χ2n) is 1.75. The maximum Gasteiger partial charge on any atom is 0.138 e. The number of thioether (sulfide) groups is 1. The molecule has 56 valence electrons. The second-order valence-corrected chi connectivity index (χ2v) is 3.36. The fourth-order valence-corrected chi connectivity index (χ4v) is 1.55. The summed E-state index contributed by atoms with van der Waals surface area (Å²) in [5.74, 6) is -0.342. The van der Waals surface area contributed by atoms with Crippen LogP contribution >= 0.6 is 27.7 Å². The van der Waals surface area contributed by atoms with Crippen molar-refractivity contribution in [3.63, 3.8) is 0 Å². The third-order valence-corrected chi connectivity index (χ3v) is 2.79. The summed E-state index contributed by atoms with van der Waals surface area (Å²) in [4.78, 5) is 0.604. The molecule has 0 heterocycles. The van der Waals surface area contributed by atoms with Crippen LogP contribution in [0.15, 0.2) is 27.6 Å². The Bertz CT molecular complexity index is 308. The fourth-order valence-electron chi connectivity index (χ4n) is 0.612. The average Bonchev–Trinajstić information content (AvgIpc) is 1.99. The minimum atomic E-state index is -0.342. The van der Waals surface area contributed by atoms with Gasteiger partial charge in [-0.25, -0.2) is 4.39 Å². The van der Waals surface area contributed by atoms with Crippen molar-refractivity contribution in [3.05, 3.63) is 28.5 Å². The maximum absolute atomic E-state index is 12.7. The summed E-state index contributed by atoms with van der Waals surface area (Å²) in [5, 5.41) is 10.2. The Balaban J connectivity index is 3.08. The van der Waals surface area contributed by atoms with E-state index >= 15 is 0 Å². The summed E-state index contributed by atoms with van der Waals surface area (Å²) in [7, 11) is 0. The van der Waals surface area contributed by atoms with E-state index < -0.39 is 0 Å². The van der Waals surface area contributed by atoms with Gasteiger partial charge in [-0.05, 0) is 39.8 Å². The first-order valence-electron chi connectivity index (χ1n) is 2.75. The summed E-state index contributed by atoms with van der Waals surface area (Å²) >= 11 is 3.97. The molecule has 1 rings (SSSR count). The van der Waals surface area contributed by atoms with Gasteiger partial charge in [-0.15, -0.1) is 0 Å². The molecule has 0 aliphatic carbocycles. The molecule has 1 aromatic carbocycles. The molecule has 0 bridgehead atoms. The highest BCUT2D eigenvalue weighted by molar-refractivity contribution is 9.10. The SMILES string of the molecule is N#CSc1cccc(F)c1Br. The number of halogens is 2. The number of nitrogens with zero attached hydrogens (tertiary/aromatic N) is 1. The Morgan fingerprint density at radius 2 is 2.27 bits per heavy atom. The zero-order valence-electron chi connectivity index (χ0n) is 5.34. The van der Waals surface area contributed by atoms with Crippen LogP contribution in [-0.4, -0.2) is 0 Å². The van der Waals surface area contributed by atoms with Gasteiger partial charge in [0, 0.05) is 4.90 Å². The highest BCUT2D eigenvalue weighted by atomic mass is 79.9. The molecule has 11 heavy (non-hydrogen) atoms. The molecule has 0 radical (unpaired) electrons. The van der Waals surface area contributed by atoms with Gasteiger partial charge in [0.05, 0.1) is 4.47 Å². The summed E-state index contributed by atoms with van der Waals surface area (Å²) in [6.07, 6.45) is 0. The molecule has 0 saturated carbocycles. The van der Waals surface area contributed by atoms with E-state index in [1.54, 1.807) is 12.1 Å². The Morgan fingerprint density at radius 3 is 2.91 bits per heavy atom. The number of nitriles is 1. The lowest BCUT2D eigenvalue weighted by atomic mass is 10.3. The third kappa shape index (κ3) is 1.95. The van der Waals surface area contributed by atoms with Crippen LogP contribution in [-0.2, 0) is 0 Å². The molecule has 0 unspecified atom stereocenters. The molecule has 0 saturated heterocycles. The van der Waals surface area contributed by atoms with Crippen molar-refractivity contribution < 1.29 is 4.39 Å². The largest absolute Gasteiger partial charge is 0.206 e. The predicted molar refractivity (Wildman–Crippen MR) is 45.6 cm³/mol. The van der Waals surface area contributed by atoms with E-state index in [1.807, 2.05) is 5.40 Å². The lowest BCUT2D eigenvalue weighted by molar-refractivity contribution is 0.616. The van der Waals surface area contributed by atoms with Gasteiger partial charge in [0.25, 0.3) is 0 Å². The second kappa shape index (κ2) is 3.74. The molecule has 1 nitrogen and oxygen atoms in total. The van der Waals surface area contributed by atoms with E-state index in [4.69, 9.17) is 5.26 Å². The molecule has 1 aromatic rings. The molecule has 0 aliphatic rings. The predicted octanol–water partition coefficient (Wildman–Crippen LogP) is 3.16. The number of benzene rings is 1. The zero-order chi connectivity index (χ0) is 8.27. The van der Waals surface area contributed by atoms with Crippen molar-refractivity contribution in [2.24, 2.45) is 0 Å². The van der Waals surface area contributed by atoms with Crippen LogP contribution < -0.4 is 0 Å². The van der Waals surface area contributed by atoms with E-state index in [1.165, 1.54) is 6.07 Å². The van der Waals surface area contributed by atoms with Crippen molar-refractivity contribution in [1.29, 1.82) is 5.26 Å². The lowest BCUT2D eigenvalue weighted by Gasteiger charge is -1.97. The van der Waals surface area contributed by atoms with Crippen LogP contribution in [0.25, 0.3) is 0 Å². The summed E-state index contributed by atoms with van der Waals surface area (Å²) in [6.45, 7) is 0. The number of rotatable bonds is 1. The molecule has 0 fully saturated rings. The molecule has 0 spiro atoms. The van der Waals surface area contributed by atoms with Crippen LogP contribution in [0.2, 0.25) is 0 Å². The first-order valence-corrected chi connectivity index (χ1v) is 4.36. The van der Waals surface area contributed by atoms with Crippen molar-refractivity contribution in [2.45, 2.75) is 4.90 Å². The molecule has 0 amide bonds. The minimum Gasteiger partial charge on any atom is -0.206 e. The lowest BCUT2D eigenvalue weighted by Crippen LogP contribution is -1.78. The number of hydrogen-bond donors (Lipinski definition) is 0. The Kier molecular flexibility index (Phi) is 2.92. The Labute approximate surface area is 76.3 Å². The average molecular weight is 232 g/mol. The monoisotopic (exact) mass is 231 g/mol. The molecular weight excluding hydrogens is 229 g/mol. The number of hydrogen-bond acceptors (Lipinski definition) is 2. The molecule has 0 N–H and O–H groups in total. The standard InChI is InChI=1S/C7H3BrFNS/c8-7-5(9)2-1-3-6(7)11-4-10/h1-3H. The van der Waals surface area contributed by atoms with E-state index in [-0.39, 0.29) is 5.82 Å². The minimum absolute atomic E-state index is 0.342. The summed E-state index contributed by atoms with van der Waals surface area (Å²) in [6, 6.07) is 4.59. The van der Waals surface area contributed by atoms with E-state index in [2.05, 4.69) is 15.9 Å². The smallest absolute Gasteiger partial charge is 0.138 e. The van der Waals surface area contributed by atoms with Crippen molar-refractivity contribution in [3.8, 4) is 5.40 Å². The molecule has 0 atom stereocenters. The summed E-state index contributed by atoms with van der Waals surface area (Å²) in [5.41, 5.74) is 0. The quantitative estimate of drug-likeness (QED) is 0.548. The van der Waals surface area contributed by atoms with Crippen molar-refractivity contribution in [1.82, 2.24) is 0 Å². The molecular formula is C7H3BrFNS. The molecule has 4 heteroatoms. The molecule has 0 aliphatic heterocycles. The van der Waals surface area contributed by atoms with Gasteiger partial charge in [-0.1, -0.05) is 6.07 Å². The fraction of sp³-hybridized carbons (Fsp3) is 0. The van der Waals surface area contributed by atoms with E-state index in [9.17, 15) is 4.39 Å². The first-order chi connectivity index (χ1) is 5.25. The first kappa shape index (κ1) is 8.57.